The van der Waals surface area contributed by atoms with Crippen LogP contribution in [0.2, 0.25) is 0 Å². The van der Waals surface area contributed by atoms with Gasteiger partial charge in [-0.2, -0.15) is 0 Å². The maximum Gasteiger partial charge on any atom is 0.168 e. The molecule has 0 bridgehead atoms. The zero-order valence-electron chi connectivity index (χ0n) is 10.4. The highest BCUT2D eigenvalue weighted by molar-refractivity contribution is 6.07. The first-order chi connectivity index (χ1) is 8.86. The summed E-state index contributed by atoms with van der Waals surface area (Å²) in [7, 11) is 0. The van der Waals surface area contributed by atoms with Crippen molar-refractivity contribution in [1.82, 2.24) is 4.98 Å². The molecule has 0 unspecified atom stereocenters. The number of rotatable bonds is 2. The van der Waals surface area contributed by atoms with Gasteiger partial charge in [-0.25, -0.2) is 0 Å². The van der Waals surface area contributed by atoms with Crippen LogP contribution in [0.25, 0.3) is 10.9 Å². The highest BCUT2D eigenvalue weighted by Gasteiger charge is 2.23. The van der Waals surface area contributed by atoms with Crippen LogP contribution in [0.4, 0.5) is 0 Å². The highest BCUT2D eigenvalue weighted by atomic mass is 16.1. The lowest BCUT2D eigenvalue weighted by molar-refractivity contribution is 0.0891. The van der Waals surface area contributed by atoms with Gasteiger partial charge in [0.05, 0.1) is 5.52 Å². The largest absolute Gasteiger partial charge is 0.294 e. The summed E-state index contributed by atoms with van der Waals surface area (Å²) in [5.41, 5.74) is 1.66. The number of fused-ring (bicyclic) bond motifs is 1. The molecule has 3 rings (SSSR count). The second-order valence-corrected chi connectivity index (χ2v) is 5.08. The molecule has 0 aliphatic heterocycles. The molecule has 1 fully saturated rings. The number of carbonyl (C=O) groups excluding carboxylic acids is 1. The van der Waals surface area contributed by atoms with Crippen LogP contribution < -0.4 is 0 Å². The first-order valence-corrected chi connectivity index (χ1v) is 6.74. The minimum absolute atomic E-state index is 0.214. The van der Waals surface area contributed by atoms with Gasteiger partial charge in [-0.3, -0.25) is 9.78 Å². The van der Waals surface area contributed by atoms with Crippen molar-refractivity contribution in [3.8, 4) is 0 Å². The number of pyridine rings is 1. The normalized spacial score (nSPS) is 16.9. The summed E-state index contributed by atoms with van der Waals surface area (Å²) in [5.74, 6) is 0.505. The van der Waals surface area contributed by atoms with Gasteiger partial charge in [0.25, 0.3) is 0 Å². The lowest BCUT2D eigenvalue weighted by Crippen LogP contribution is -2.18. The lowest BCUT2D eigenvalue weighted by Gasteiger charge is -2.20. The second-order valence-electron chi connectivity index (χ2n) is 5.08. The molecule has 0 atom stereocenters. The maximum absolute atomic E-state index is 12.6. The van der Waals surface area contributed by atoms with Gasteiger partial charge >= 0.3 is 0 Å². The van der Waals surface area contributed by atoms with Gasteiger partial charge in [0.15, 0.2) is 5.78 Å². The molecular weight excluding hydrogens is 222 g/mol. The monoisotopic (exact) mass is 239 g/mol. The fraction of sp³-hybridized carbons (Fsp3) is 0.375. The van der Waals surface area contributed by atoms with E-state index in [2.05, 4.69) is 4.98 Å². The van der Waals surface area contributed by atoms with Crippen LogP contribution in [0.3, 0.4) is 0 Å². The third-order valence-corrected chi connectivity index (χ3v) is 3.87. The first-order valence-electron chi connectivity index (χ1n) is 6.74. The highest BCUT2D eigenvalue weighted by Crippen LogP contribution is 2.28. The van der Waals surface area contributed by atoms with E-state index in [1.807, 2.05) is 30.3 Å². The van der Waals surface area contributed by atoms with E-state index in [0.717, 1.165) is 29.3 Å². The summed E-state index contributed by atoms with van der Waals surface area (Å²) >= 11 is 0. The van der Waals surface area contributed by atoms with Crippen LogP contribution in [0.15, 0.2) is 36.5 Å². The van der Waals surface area contributed by atoms with Crippen molar-refractivity contribution in [2.45, 2.75) is 32.1 Å². The fourth-order valence-electron chi connectivity index (χ4n) is 2.89. The van der Waals surface area contributed by atoms with Gasteiger partial charge in [-0.1, -0.05) is 37.5 Å². The SMILES string of the molecule is O=C(c1cccc2cccnc12)C1CCCCC1. The Morgan fingerprint density at radius 2 is 1.83 bits per heavy atom. The maximum atomic E-state index is 12.6. The Bertz CT molecular complexity index is 565. The zero-order chi connectivity index (χ0) is 12.4. The Hall–Kier alpha value is -1.70. The molecule has 2 aromatic rings. The average molecular weight is 239 g/mol. The van der Waals surface area contributed by atoms with Gasteiger partial charge in [-0.15, -0.1) is 0 Å². The topological polar surface area (TPSA) is 30.0 Å². The third-order valence-electron chi connectivity index (χ3n) is 3.87. The van der Waals surface area contributed by atoms with Gasteiger partial charge < -0.3 is 0 Å². The van der Waals surface area contributed by atoms with Crippen molar-refractivity contribution in [3.05, 3.63) is 42.1 Å². The van der Waals surface area contributed by atoms with Crippen LogP contribution in [0.5, 0.6) is 0 Å². The molecule has 18 heavy (non-hydrogen) atoms. The fourth-order valence-corrected chi connectivity index (χ4v) is 2.89. The van der Waals surface area contributed by atoms with E-state index in [4.69, 9.17) is 0 Å². The molecule has 0 amide bonds. The van der Waals surface area contributed by atoms with Crippen LogP contribution >= 0.6 is 0 Å². The van der Waals surface area contributed by atoms with Gasteiger partial charge in [-0.05, 0) is 25.0 Å². The summed E-state index contributed by atoms with van der Waals surface area (Å²) < 4.78 is 0. The quantitative estimate of drug-likeness (QED) is 0.741. The number of hydrogen-bond acceptors (Lipinski definition) is 2. The van der Waals surface area contributed by atoms with Crippen molar-refractivity contribution in [2.24, 2.45) is 5.92 Å². The van der Waals surface area contributed by atoms with Crippen LogP contribution in [-0.2, 0) is 0 Å². The molecule has 1 aliphatic rings. The Morgan fingerprint density at radius 3 is 2.67 bits per heavy atom. The van der Waals surface area contributed by atoms with E-state index in [0.29, 0.717) is 5.78 Å². The van der Waals surface area contributed by atoms with Crippen molar-refractivity contribution in [2.75, 3.05) is 0 Å². The number of nitrogens with zero attached hydrogens (tertiary/aromatic N) is 1. The number of ketones is 1. The third kappa shape index (κ3) is 2.03. The number of Topliss-reactive ketones (excluding diaryl/α,β-unsaturated/α-hetero) is 1. The van der Waals surface area contributed by atoms with Gasteiger partial charge in [0.1, 0.15) is 0 Å². The number of para-hydroxylation sites is 1. The summed E-state index contributed by atoms with van der Waals surface area (Å²) in [5, 5.41) is 1.05. The molecule has 2 heteroatoms. The van der Waals surface area contributed by atoms with Crippen molar-refractivity contribution in [3.63, 3.8) is 0 Å². The van der Waals surface area contributed by atoms with Gasteiger partial charge in [0.2, 0.25) is 0 Å². The Labute approximate surface area is 107 Å². The average Bonchev–Trinajstić information content (AvgIpc) is 2.47. The van der Waals surface area contributed by atoms with E-state index in [1.165, 1.54) is 19.3 Å². The number of benzene rings is 1. The molecule has 0 spiro atoms. The van der Waals surface area contributed by atoms with Crippen molar-refractivity contribution in [1.29, 1.82) is 0 Å². The molecule has 1 aliphatic carbocycles. The Balaban J connectivity index is 2.00. The van der Waals surface area contributed by atoms with Crippen LogP contribution in [0, 0.1) is 5.92 Å². The second kappa shape index (κ2) is 4.89. The molecule has 1 saturated carbocycles. The lowest BCUT2D eigenvalue weighted by atomic mass is 9.83. The minimum atomic E-state index is 0.214. The molecule has 92 valence electrons. The summed E-state index contributed by atoms with van der Waals surface area (Å²) in [6.45, 7) is 0. The Morgan fingerprint density at radius 1 is 1.06 bits per heavy atom. The van der Waals surface area contributed by atoms with E-state index < -0.39 is 0 Å². The molecule has 0 N–H and O–H groups in total. The van der Waals surface area contributed by atoms with Crippen molar-refractivity contribution < 1.29 is 4.79 Å². The summed E-state index contributed by atoms with van der Waals surface area (Å²) in [4.78, 5) is 16.9. The molecular formula is C16H17NO. The molecule has 0 radical (unpaired) electrons. The summed E-state index contributed by atoms with van der Waals surface area (Å²) in [6, 6.07) is 9.82. The van der Waals surface area contributed by atoms with E-state index in [1.54, 1.807) is 6.20 Å². The van der Waals surface area contributed by atoms with E-state index in [-0.39, 0.29) is 5.92 Å². The first kappa shape index (κ1) is 11.4. The Kier molecular flexibility index (Phi) is 3.09. The number of hydrogen-bond donors (Lipinski definition) is 0. The van der Waals surface area contributed by atoms with E-state index in [9.17, 15) is 4.79 Å². The van der Waals surface area contributed by atoms with Crippen LogP contribution in [0.1, 0.15) is 42.5 Å². The van der Waals surface area contributed by atoms with Crippen LogP contribution in [-0.4, -0.2) is 10.8 Å². The van der Waals surface area contributed by atoms with Crippen molar-refractivity contribution >= 4 is 16.7 Å². The predicted molar refractivity (Wildman–Crippen MR) is 72.6 cm³/mol. The van der Waals surface area contributed by atoms with Gasteiger partial charge in [0, 0.05) is 23.1 Å². The smallest absolute Gasteiger partial charge is 0.168 e. The minimum Gasteiger partial charge on any atom is -0.294 e. The summed E-state index contributed by atoms with van der Waals surface area (Å²) in [6.07, 6.45) is 7.50. The number of carbonyl (C=O) groups is 1. The molecule has 1 aromatic carbocycles. The number of aromatic nitrogens is 1. The zero-order valence-corrected chi connectivity index (χ0v) is 10.4. The molecule has 2 nitrogen and oxygen atoms in total. The molecule has 1 aromatic heterocycles. The van der Waals surface area contributed by atoms with E-state index >= 15 is 0 Å². The molecule has 0 saturated heterocycles. The molecule has 1 heterocycles. The standard InChI is InChI=1S/C16H17NO/c18-16(13-6-2-1-3-7-13)14-10-4-8-12-9-5-11-17-15(12)14/h4-5,8-11,13H,1-3,6-7H2. The predicted octanol–water partition coefficient (Wildman–Crippen LogP) is 4.00.